The summed E-state index contributed by atoms with van der Waals surface area (Å²) in [6.45, 7) is 9.29. The first-order valence-electron chi connectivity index (χ1n) is 10.7. The average Bonchev–Trinajstić information content (AvgIpc) is 2.71. The van der Waals surface area contributed by atoms with Crippen LogP contribution in [0.5, 0.6) is 0 Å². The SMILES string of the molecule is Cc1cccc(-c2ccc(CNC(=O)C3CCCCN3CCC(C)C)cc2)c1. The molecule has 1 aliphatic heterocycles. The standard InChI is InChI=1S/C25H34N2O/c1-19(2)14-16-27-15-5-4-9-24(27)25(28)26-18-21-10-12-22(13-11-21)23-8-6-7-20(3)17-23/h6-8,10-13,17,19,24H,4-5,9,14-16,18H2,1-3H3,(H,26,28). The molecule has 3 nitrogen and oxygen atoms in total. The van der Waals surface area contributed by atoms with E-state index in [1.54, 1.807) is 0 Å². The second kappa shape index (κ2) is 9.88. The Kier molecular flexibility index (Phi) is 7.27. The lowest BCUT2D eigenvalue weighted by Crippen LogP contribution is -2.49. The lowest BCUT2D eigenvalue weighted by molar-refractivity contribution is -0.127. The first kappa shape index (κ1) is 20.6. The highest BCUT2D eigenvalue weighted by Crippen LogP contribution is 2.21. The molecule has 1 aliphatic rings. The van der Waals surface area contributed by atoms with Gasteiger partial charge in [-0.1, -0.05) is 74.4 Å². The van der Waals surface area contributed by atoms with Gasteiger partial charge in [-0.2, -0.15) is 0 Å². The lowest BCUT2D eigenvalue weighted by Gasteiger charge is -2.35. The summed E-state index contributed by atoms with van der Waals surface area (Å²) in [6, 6.07) is 17.1. The van der Waals surface area contributed by atoms with Crippen molar-refractivity contribution in [2.45, 2.75) is 59.0 Å². The number of rotatable bonds is 7. The van der Waals surface area contributed by atoms with E-state index < -0.39 is 0 Å². The largest absolute Gasteiger partial charge is 0.351 e. The smallest absolute Gasteiger partial charge is 0.237 e. The fraction of sp³-hybridized carbons (Fsp3) is 0.480. The summed E-state index contributed by atoms with van der Waals surface area (Å²) in [4.78, 5) is 15.2. The van der Waals surface area contributed by atoms with E-state index >= 15 is 0 Å². The molecule has 1 saturated heterocycles. The van der Waals surface area contributed by atoms with E-state index in [2.05, 4.69) is 79.5 Å². The second-order valence-corrected chi connectivity index (χ2v) is 8.51. The van der Waals surface area contributed by atoms with Gasteiger partial charge in [0.1, 0.15) is 0 Å². The quantitative estimate of drug-likeness (QED) is 0.720. The van der Waals surface area contributed by atoms with Gasteiger partial charge in [0, 0.05) is 6.54 Å². The van der Waals surface area contributed by atoms with Crippen LogP contribution in [0.25, 0.3) is 11.1 Å². The number of hydrogen-bond acceptors (Lipinski definition) is 2. The minimum absolute atomic E-state index is 0.0408. The summed E-state index contributed by atoms with van der Waals surface area (Å²) in [7, 11) is 0. The molecule has 0 radical (unpaired) electrons. The van der Waals surface area contributed by atoms with E-state index in [1.807, 2.05) is 0 Å². The molecule has 1 fully saturated rings. The molecule has 0 spiro atoms. The molecule has 2 aromatic rings. The number of aryl methyl sites for hydroxylation is 1. The highest BCUT2D eigenvalue weighted by atomic mass is 16.2. The minimum Gasteiger partial charge on any atom is -0.351 e. The maximum Gasteiger partial charge on any atom is 0.237 e. The van der Waals surface area contributed by atoms with E-state index in [4.69, 9.17) is 0 Å². The summed E-state index contributed by atoms with van der Waals surface area (Å²) in [5.41, 5.74) is 4.86. The second-order valence-electron chi connectivity index (χ2n) is 8.51. The van der Waals surface area contributed by atoms with Crippen molar-refractivity contribution in [3.05, 3.63) is 59.7 Å². The van der Waals surface area contributed by atoms with Crippen LogP contribution < -0.4 is 5.32 Å². The zero-order chi connectivity index (χ0) is 19.9. The molecule has 3 heteroatoms. The molecule has 1 amide bonds. The van der Waals surface area contributed by atoms with Crippen molar-refractivity contribution in [1.29, 1.82) is 0 Å². The van der Waals surface area contributed by atoms with Gasteiger partial charge in [-0.3, -0.25) is 9.69 Å². The van der Waals surface area contributed by atoms with Crippen LogP contribution in [0.1, 0.15) is 50.7 Å². The highest BCUT2D eigenvalue weighted by Gasteiger charge is 2.28. The molecule has 1 unspecified atom stereocenters. The zero-order valence-corrected chi connectivity index (χ0v) is 17.6. The van der Waals surface area contributed by atoms with Gasteiger partial charge < -0.3 is 5.32 Å². The van der Waals surface area contributed by atoms with Crippen molar-refractivity contribution in [3.8, 4) is 11.1 Å². The number of piperidine rings is 1. The van der Waals surface area contributed by atoms with Gasteiger partial charge in [-0.15, -0.1) is 0 Å². The van der Waals surface area contributed by atoms with Crippen LogP contribution in [0.4, 0.5) is 0 Å². The normalized spacial score (nSPS) is 17.6. The van der Waals surface area contributed by atoms with Crippen LogP contribution in [0, 0.1) is 12.8 Å². The molecule has 1 atom stereocenters. The van der Waals surface area contributed by atoms with Crippen LogP contribution >= 0.6 is 0 Å². The number of nitrogens with zero attached hydrogens (tertiary/aromatic N) is 1. The number of amides is 1. The lowest BCUT2D eigenvalue weighted by atomic mass is 9.99. The third-order valence-electron chi connectivity index (χ3n) is 5.68. The van der Waals surface area contributed by atoms with E-state index in [1.165, 1.54) is 23.1 Å². The van der Waals surface area contributed by atoms with Crippen molar-refractivity contribution in [2.75, 3.05) is 13.1 Å². The number of likely N-dealkylation sites (tertiary alicyclic amines) is 1. The Morgan fingerprint density at radius 3 is 2.61 bits per heavy atom. The van der Waals surface area contributed by atoms with Crippen molar-refractivity contribution >= 4 is 5.91 Å². The summed E-state index contributed by atoms with van der Waals surface area (Å²) in [6.07, 6.45) is 4.50. The Morgan fingerprint density at radius 1 is 1.11 bits per heavy atom. The molecule has 0 aliphatic carbocycles. The molecule has 2 aromatic carbocycles. The maximum atomic E-state index is 12.8. The molecule has 1 N–H and O–H groups in total. The maximum absolute atomic E-state index is 12.8. The van der Waals surface area contributed by atoms with Gasteiger partial charge in [-0.05, 0) is 61.9 Å². The molecule has 3 rings (SSSR count). The predicted molar refractivity (Wildman–Crippen MR) is 117 cm³/mol. The Morgan fingerprint density at radius 2 is 1.89 bits per heavy atom. The monoisotopic (exact) mass is 378 g/mol. The topological polar surface area (TPSA) is 32.3 Å². The Bertz CT molecular complexity index is 766. The third-order valence-corrected chi connectivity index (χ3v) is 5.68. The summed E-state index contributed by atoms with van der Waals surface area (Å²) in [5, 5.41) is 3.17. The number of benzene rings is 2. The number of hydrogen-bond donors (Lipinski definition) is 1. The molecular weight excluding hydrogens is 344 g/mol. The van der Waals surface area contributed by atoms with Gasteiger partial charge in [0.05, 0.1) is 6.04 Å². The summed E-state index contributed by atoms with van der Waals surface area (Å²) in [5.74, 6) is 0.865. The van der Waals surface area contributed by atoms with Gasteiger partial charge >= 0.3 is 0 Å². The Labute approximate surface area is 170 Å². The molecule has 0 aromatic heterocycles. The van der Waals surface area contributed by atoms with E-state index in [9.17, 15) is 4.79 Å². The fourth-order valence-corrected chi connectivity index (χ4v) is 3.93. The van der Waals surface area contributed by atoms with Crippen molar-refractivity contribution in [1.82, 2.24) is 10.2 Å². The first-order chi connectivity index (χ1) is 13.5. The molecule has 0 bridgehead atoms. The predicted octanol–water partition coefficient (Wildman–Crippen LogP) is 5.18. The van der Waals surface area contributed by atoms with Crippen molar-refractivity contribution in [3.63, 3.8) is 0 Å². The molecule has 1 heterocycles. The van der Waals surface area contributed by atoms with Crippen LogP contribution in [0.15, 0.2) is 48.5 Å². The van der Waals surface area contributed by atoms with Crippen LogP contribution in [0.2, 0.25) is 0 Å². The van der Waals surface area contributed by atoms with Crippen LogP contribution in [-0.4, -0.2) is 29.9 Å². The number of carbonyl (C=O) groups excluding carboxylic acids is 1. The van der Waals surface area contributed by atoms with Gasteiger partial charge in [0.15, 0.2) is 0 Å². The van der Waals surface area contributed by atoms with E-state index in [0.29, 0.717) is 12.5 Å². The van der Waals surface area contributed by atoms with E-state index in [-0.39, 0.29) is 11.9 Å². The highest BCUT2D eigenvalue weighted by molar-refractivity contribution is 5.81. The Balaban J connectivity index is 1.56. The summed E-state index contributed by atoms with van der Waals surface area (Å²) >= 11 is 0. The van der Waals surface area contributed by atoms with Gasteiger partial charge in [-0.25, -0.2) is 0 Å². The minimum atomic E-state index is 0.0408. The number of nitrogens with one attached hydrogen (secondary N) is 1. The summed E-state index contributed by atoms with van der Waals surface area (Å²) < 4.78 is 0. The van der Waals surface area contributed by atoms with Crippen LogP contribution in [-0.2, 0) is 11.3 Å². The number of carbonyl (C=O) groups is 1. The van der Waals surface area contributed by atoms with Crippen molar-refractivity contribution in [2.24, 2.45) is 5.92 Å². The third kappa shape index (κ3) is 5.68. The van der Waals surface area contributed by atoms with Crippen LogP contribution in [0.3, 0.4) is 0 Å². The first-order valence-corrected chi connectivity index (χ1v) is 10.7. The molecule has 0 saturated carbocycles. The average molecular weight is 379 g/mol. The van der Waals surface area contributed by atoms with E-state index in [0.717, 1.165) is 37.9 Å². The molecule has 150 valence electrons. The fourth-order valence-electron chi connectivity index (χ4n) is 3.93. The Hall–Kier alpha value is -2.13. The van der Waals surface area contributed by atoms with Gasteiger partial charge in [0.2, 0.25) is 5.91 Å². The molecule has 28 heavy (non-hydrogen) atoms. The van der Waals surface area contributed by atoms with Gasteiger partial charge in [0.25, 0.3) is 0 Å². The molecular formula is C25H34N2O. The van der Waals surface area contributed by atoms with Crippen molar-refractivity contribution < 1.29 is 4.79 Å². The zero-order valence-electron chi connectivity index (χ0n) is 17.6.